The van der Waals surface area contributed by atoms with Crippen LogP contribution in [0.5, 0.6) is 0 Å². The van der Waals surface area contributed by atoms with Gasteiger partial charge in [0.1, 0.15) is 6.10 Å². The molecule has 112 valence electrons. The molecular weight excluding hydrogens is 272 g/mol. The molecule has 0 saturated heterocycles. The van der Waals surface area contributed by atoms with Crippen LogP contribution in [0.2, 0.25) is 0 Å². The summed E-state index contributed by atoms with van der Waals surface area (Å²) in [5.74, 6) is -0.468. The van der Waals surface area contributed by atoms with Gasteiger partial charge in [-0.3, -0.25) is 4.55 Å². The van der Waals surface area contributed by atoms with Crippen molar-refractivity contribution in [1.29, 1.82) is 0 Å². The number of esters is 1. The number of carbonyl (C=O) groups is 1. The number of aliphatic hydroxyl groups excluding tert-OH is 1. The topological polar surface area (TPSA) is 101 Å². The van der Waals surface area contributed by atoms with Gasteiger partial charge < -0.3 is 9.84 Å². The van der Waals surface area contributed by atoms with Crippen molar-refractivity contribution in [3.05, 3.63) is 0 Å². The molecule has 0 aliphatic heterocycles. The molecule has 0 aromatic rings. The zero-order valence-electron chi connectivity index (χ0n) is 11.4. The first-order valence-corrected chi connectivity index (χ1v) is 7.98. The van der Waals surface area contributed by atoms with Crippen LogP contribution in [0, 0.1) is 17.8 Å². The molecule has 0 amide bonds. The van der Waals surface area contributed by atoms with Gasteiger partial charge in [0.05, 0.1) is 0 Å². The third-order valence-corrected chi connectivity index (χ3v) is 4.47. The summed E-state index contributed by atoms with van der Waals surface area (Å²) in [6.45, 7) is 6.07. The van der Waals surface area contributed by atoms with E-state index in [9.17, 15) is 13.2 Å². The summed E-state index contributed by atoms with van der Waals surface area (Å²) in [4.78, 5) is 11.5. The third kappa shape index (κ3) is 4.43. The van der Waals surface area contributed by atoms with E-state index in [1.54, 1.807) is 0 Å². The Bertz CT molecular complexity index is 416. The van der Waals surface area contributed by atoms with Crippen molar-refractivity contribution in [1.82, 2.24) is 0 Å². The van der Waals surface area contributed by atoms with Crippen LogP contribution in [0.25, 0.3) is 0 Å². The lowest BCUT2D eigenvalue weighted by Gasteiger charge is -2.36. The summed E-state index contributed by atoms with van der Waals surface area (Å²) in [6, 6.07) is 0. The molecule has 1 fully saturated rings. The monoisotopic (exact) mass is 294 g/mol. The summed E-state index contributed by atoms with van der Waals surface area (Å²) in [5.41, 5.74) is -2.52. The predicted octanol–water partition coefficient (Wildman–Crippen LogP) is 1.20. The van der Waals surface area contributed by atoms with Gasteiger partial charge in [0, 0.05) is 0 Å². The molecule has 0 aromatic heterocycles. The van der Waals surface area contributed by atoms with E-state index in [4.69, 9.17) is 14.4 Å². The Kier molecular flexibility index (Phi) is 5.34. The molecule has 4 atom stereocenters. The minimum atomic E-state index is -4.82. The maximum absolute atomic E-state index is 11.5. The standard InChI is InChI=1S/C12H22O6S/c1-7(2)9-5-4-8(3)6-10(9)18-11(13)12(14)19(15,16)17/h7-10,12,14H,4-6H2,1-3H3,(H,15,16,17). The fourth-order valence-corrected chi connectivity index (χ4v) is 2.88. The van der Waals surface area contributed by atoms with Gasteiger partial charge in [-0.15, -0.1) is 0 Å². The summed E-state index contributed by atoms with van der Waals surface area (Å²) in [7, 11) is -4.82. The van der Waals surface area contributed by atoms with Gasteiger partial charge in [-0.1, -0.05) is 27.2 Å². The smallest absolute Gasteiger partial charge is 0.353 e. The molecule has 1 rings (SSSR count). The molecular formula is C12H22O6S. The Morgan fingerprint density at radius 1 is 1.32 bits per heavy atom. The van der Waals surface area contributed by atoms with Crippen molar-refractivity contribution in [3.8, 4) is 0 Å². The Morgan fingerprint density at radius 3 is 2.37 bits per heavy atom. The molecule has 1 saturated carbocycles. The molecule has 19 heavy (non-hydrogen) atoms. The number of carbonyl (C=O) groups excluding carboxylic acids is 1. The zero-order valence-corrected chi connectivity index (χ0v) is 12.3. The van der Waals surface area contributed by atoms with Gasteiger partial charge in [0.25, 0.3) is 5.44 Å². The normalized spacial score (nSPS) is 30.1. The first-order valence-electron chi connectivity index (χ1n) is 6.47. The molecule has 0 spiro atoms. The van der Waals surface area contributed by atoms with Gasteiger partial charge in [0.15, 0.2) is 0 Å². The molecule has 6 nitrogen and oxygen atoms in total. The highest BCUT2D eigenvalue weighted by Gasteiger charge is 2.37. The Hall–Kier alpha value is -0.660. The quantitative estimate of drug-likeness (QED) is 0.597. The van der Waals surface area contributed by atoms with Crippen LogP contribution in [0.1, 0.15) is 40.0 Å². The molecule has 4 unspecified atom stereocenters. The van der Waals surface area contributed by atoms with E-state index in [2.05, 4.69) is 0 Å². The van der Waals surface area contributed by atoms with E-state index < -0.39 is 27.6 Å². The SMILES string of the molecule is CC1CCC(C(C)C)C(OC(=O)C(O)S(=O)(=O)O)C1. The summed E-state index contributed by atoms with van der Waals surface area (Å²) in [6.07, 6.45) is 2.18. The first kappa shape index (κ1) is 16.4. The van der Waals surface area contributed by atoms with E-state index in [1.807, 2.05) is 20.8 Å². The number of aliphatic hydroxyl groups is 1. The lowest BCUT2D eigenvalue weighted by atomic mass is 9.75. The van der Waals surface area contributed by atoms with Gasteiger partial charge in [0.2, 0.25) is 0 Å². The lowest BCUT2D eigenvalue weighted by Crippen LogP contribution is -2.40. The lowest BCUT2D eigenvalue weighted by molar-refractivity contribution is -0.161. The van der Waals surface area contributed by atoms with Crippen molar-refractivity contribution in [3.63, 3.8) is 0 Å². The molecule has 0 heterocycles. The van der Waals surface area contributed by atoms with Crippen LogP contribution < -0.4 is 0 Å². The number of hydrogen-bond donors (Lipinski definition) is 2. The molecule has 1 aliphatic rings. The summed E-state index contributed by atoms with van der Waals surface area (Å²) < 4.78 is 35.1. The van der Waals surface area contributed by atoms with Gasteiger partial charge in [-0.05, 0) is 30.6 Å². The second-order valence-corrected chi connectivity index (χ2v) is 7.15. The summed E-state index contributed by atoms with van der Waals surface area (Å²) in [5, 5.41) is 9.16. The minimum Gasteiger partial charge on any atom is -0.459 e. The Labute approximate surface area is 113 Å². The average Bonchev–Trinajstić information content (AvgIpc) is 2.26. The van der Waals surface area contributed by atoms with Crippen LogP contribution in [-0.2, 0) is 19.6 Å². The zero-order chi connectivity index (χ0) is 14.8. The van der Waals surface area contributed by atoms with Crippen LogP contribution in [0.4, 0.5) is 0 Å². The average molecular weight is 294 g/mol. The van der Waals surface area contributed by atoms with Gasteiger partial charge in [-0.2, -0.15) is 8.42 Å². The molecule has 7 heteroatoms. The van der Waals surface area contributed by atoms with E-state index in [1.165, 1.54) is 0 Å². The van der Waals surface area contributed by atoms with Crippen LogP contribution in [0.3, 0.4) is 0 Å². The van der Waals surface area contributed by atoms with Crippen molar-refractivity contribution < 1.29 is 27.6 Å². The van der Waals surface area contributed by atoms with Gasteiger partial charge >= 0.3 is 16.1 Å². The van der Waals surface area contributed by atoms with E-state index >= 15 is 0 Å². The first-order chi connectivity index (χ1) is 8.62. The number of rotatable bonds is 4. The molecule has 1 aliphatic carbocycles. The van der Waals surface area contributed by atoms with Crippen molar-refractivity contribution >= 4 is 16.1 Å². The van der Waals surface area contributed by atoms with Crippen LogP contribution in [-0.4, -0.2) is 35.6 Å². The van der Waals surface area contributed by atoms with Gasteiger partial charge in [-0.25, -0.2) is 4.79 Å². The second kappa shape index (κ2) is 6.19. The van der Waals surface area contributed by atoms with Crippen LogP contribution >= 0.6 is 0 Å². The Balaban J connectivity index is 2.74. The number of hydrogen-bond acceptors (Lipinski definition) is 5. The highest BCUT2D eigenvalue weighted by atomic mass is 32.2. The molecule has 0 radical (unpaired) electrons. The molecule has 0 aromatic carbocycles. The number of ether oxygens (including phenoxy) is 1. The maximum atomic E-state index is 11.5. The largest absolute Gasteiger partial charge is 0.459 e. The fraction of sp³-hybridized carbons (Fsp3) is 0.917. The van der Waals surface area contributed by atoms with E-state index in [0.717, 1.165) is 12.8 Å². The second-order valence-electron chi connectivity index (χ2n) is 5.67. The highest BCUT2D eigenvalue weighted by Crippen LogP contribution is 2.35. The predicted molar refractivity (Wildman–Crippen MR) is 68.8 cm³/mol. The van der Waals surface area contributed by atoms with E-state index in [0.29, 0.717) is 18.3 Å². The highest BCUT2D eigenvalue weighted by molar-refractivity contribution is 7.87. The third-order valence-electron chi connectivity index (χ3n) is 3.71. The molecule has 2 N–H and O–H groups in total. The summed E-state index contributed by atoms with van der Waals surface area (Å²) >= 11 is 0. The fourth-order valence-electron chi connectivity index (χ4n) is 2.58. The van der Waals surface area contributed by atoms with Crippen molar-refractivity contribution in [2.75, 3.05) is 0 Å². The van der Waals surface area contributed by atoms with Crippen LogP contribution in [0.15, 0.2) is 0 Å². The van der Waals surface area contributed by atoms with E-state index in [-0.39, 0.29) is 5.92 Å². The maximum Gasteiger partial charge on any atom is 0.353 e. The van der Waals surface area contributed by atoms with Crippen molar-refractivity contribution in [2.24, 2.45) is 17.8 Å². The van der Waals surface area contributed by atoms with Crippen molar-refractivity contribution in [2.45, 2.75) is 51.6 Å². The Morgan fingerprint density at radius 2 is 1.89 bits per heavy atom. The molecule has 0 bridgehead atoms. The minimum absolute atomic E-state index is 0.147.